The van der Waals surface area contributed by atoms with Gasteiger partial charge in [-0.15, -0.1) is 0 Å². The fourth-order valence-corrected chi connectivity index (χ4v) is 3.00. The second-order valence-electron chi connectivity index (χ2n) is 3.44. The van der Waals surface area contributed by atoms with Crippen LogP contribution in [0.3, 0.4) is 0 Å². The minimum atomic E-state index is -3.68. The number of rotatable bonds is 5. The summed E-state index contributed by atoms with van der Waals surface area (Å²) < 4.78 is 25.6. The zero-order valence-electron chi connectivity index (χ0n) is 9.80. The fourth-order valence-electron chi connectivity index (χ4n) is 1.34. The molecular weight excluding hydrogens is 276 g/mol. The molecule has 1 aromatic heterocycles. The van der Waals surface area contributed by atoms with Crippen molar-refractivity contribution in [2.45, 2.75) is 18.2 Å². The van der Waals surface area contributed by atoms with Crippen molar-refractivity contribution in [1.29, 1.82) is 5.26 Å². The molecule has 0 aliphatic heterocycles. The Labute approximate surface area is 111 Å². The van der Waals surface area contributed by atoms with Crippen LogP contribution in [0, 0.1) is 11.3 Å². The van der Waals surface area contributed by atoms with Gasteiger partial charge in [0.25, 0.3) is 0 Å². The smallest absolute Gasteiger partial charge is 0.244 e. The van der Waals surface area contributed by atoms with Crippen molar-refractivity contribution in [2.24, 2.45) is 0 Å². The highest BCUT2D eigenvalue weighted by atomic mass is 35.5. The summed E-state index contributed by atoms with van der Waals surface area (Å²) in [5.41, 5.74) is 5.43. The van der Waals surface area contributed by atoms with E-state index in [1.54, 1.807) is 6.92 Å². The number of sulfonamides is 1. The number of anilines is 1. The molecule has 0 aromatic carbocycles. The van der Waals surface area contributed by atoms with Gasteiger partial charge in [-0.2, -0.15) is 9.57 Å². The van der Waals surface area contributed by atoms with Gasteiger partial charge in [0.1, 0.15) is 10.7 Å². The number of nitriles is 1. The summed E-state index contributed by atoms with van der Waals surface area (Å²) in [6.07, 6.45) is 1.29. The SMILES string of the molecule is CCN(CCC#N)S(=O)(=O)c1cnc(N)c(Cl)c1. The van der Waals surface area contributed by atoms with Crippen molar-refractivity contribution in [2.75, 3.05) is 18.8 Å². The highest BCUT2D eigenvalue weighted by Crippen LogP contribution is 2.22. The van der Waals surface area contributed by atoms with Crippen molar-refractivity contribution >= 4 is 27.4 Å². The third-order valence-electron chi connectivity index (χ3n) is 2.31. The maximum absolute atomic E-state index is 12.2. The van der Waals surface area contributed by atoms with Gasteiger partial charge < -0.3 is 5.73 Å². The molecule has 0 unspecified atom stereocenters. The molecule has 0 radical (unpaired) electrons. The molecule has 0 bridgehead atoms. The Kier molecular flexibility index (Phi) is 4.90. The van der Waals surface area contributed by atoms with E-state index in [9.17, 15) is 8.42 Å². The van der Waals surface area contributed by atoms with E-state index >= 15 is 0 Å². The van der Waals surface area contributed by atoms with Crippen LogP contribution < -0.4 is 5.73 Å². The van der Waals surface area contributed by atoms with E-state index in [1.165, 1.54) is 10.4 Å². The summed E-state index contributed by atoms with van der Waals surface area (Å²) in [5, 5.41) is 8.60. The van der Waals surface area contributed by atoms with Gasteiger partial charge in [0.05, 0.1) is 11.1 Å². The Morgan fingerprint density at radius 3 is 2.78 bits per heavy atom. The summed E-state index contributed by atoms with van der Waals surface area (Å²) in [6.45, 7) is 2.10. The molecule has 1 rings (SSSR count). The average Bonchev–Trinajstić information content (AvgIpc) is 2.33. The molecule has 98 valence electrons. The summed E-state index contributed by atoms with van der Waals surface area (Å²) >= 11 is 5.75. The Balaban J connectivity index is 3.11. The molecule has 18 heavy (non-hydrogen) atoms. The highest BCUT2D eigenvalue weighted by Gasteiger charge is 2.23. The highest BCUT2D eigenvalue weighted by molar-refractivity contribution is 7.89. The van der Waals surface area contributed by atoms with Gasteiger partial charge in [-0.25, -0.2) is 13.4 Å². The van der Waals surface area contributed by atoms with E-state index in [1.807, 2.05) is 6.07 Å². The molecule has 0 fully saturated rings. The third-order valence-corrected chi connectivity index (χ3v) is 4.55. The lowest BCUT2D eigenvalue weighted by molar-refractivity contribution is 0.435. The van der Waals surface area contributed by atoms with Crippen LogP contribution in [0.15, 0.2) is 17.2 Å². The standard InChI is InChI=1S/C10H13ClN4O2S/c1-2-15(5-3-4-12)18(16,17)8-6-9(11)10(13)14-7-8/h6-7H,2-3,5H2,1H3,(H2,13,14). The second-order valence-corrected chi connectivity index (χ2v) is 5.79. The fraction of sp³-hybridized carbons (Fsp3) is 0.400. The predicted molar refractivity (Wildman–Crippen MR) is 68.3 cm³/mol. The van der Waals surface area contributed by atoms with E-state index < -0.39 is 10.0 Å². The molecule has 1 aromatic rings. The lowest BCUT2D eigenvalue weighted by Crippen LogP contribution is -2.31. The average molecular weight is 289 g/mol. The minimum absolute atomic E-state index is 0.0264. The zero-order chi connectivity index (χ0) is 13.8. The first kappa shape index (κ1) is 14.7. The topological polar surface area (TPSA) is 100 Å². The van der Waals surface area contributed by atoms with E-state index in [2.05, 4.69) is 4.98 Å². The van der Waals surface area contributed by atoms with Gasteiger partial charge in [0.15, 0.2) is 0 Å². The van der Waals surface area contributed by atoms with Crippen LogP contribution in [0.25, 0.3) is 0 Å². The van der Waals surface area contributed by atoms with Crippen molar-refractivity contribution in [3.63, 3.8) is 0 Å². The maximum atomic E-state index is 12.2. The molecule has 0 atom stereocenters. The van der Waals surface area contributed by atoms with E-state index in [4.69, 9.17) is 22.6 Å². The Morgan fingerprint density at radius 2 is 2.28 bits per heavy atom. The van der Waals surface area contributed by atoms with Gasteiger partial charge in [-0.1, -0.05) is 18.5 Å². The van der Waals surface area contributed by atoms with Gasteiger partial charge >= 0.3 is 0 Å². The van der Waals surface area contributed by atoms with Crippen LogP contribution in [0.1, 0.15) is 13.3 Å². The van der Waals surface area contributed by atoms with Gasteiger partial charge in [0.2, 0.25) is 10.0 Å². The Hall–Kier alpha value is -1.36. The molecule has 0 aliphatic rings. The van der Waals surface area contributed by atoms with Gasteiger partial charge in [0, 0.05) is 25.7 Å². The van der Waals surface area contributed by atoms with Crippen molar-refractivity contribution in [3.05, 3.63) is 17.3 Å². The number of halogens is 1. The Morgan fingerprint density at radius 1 is 1.61 bits per heavy atom. The molecular formula is C10H13ClN4O2S. The Bertz CT molecular complexity index is 568. The van der Waals surface area contributed by atoms with E-state index in [0.717, 1.165) is 6.20 Å². The number of hydrogen-bond donors (Lipinski definition) is 1. The van der Waals surface area contributed by atoms with Crippen LogP contribution in [0.4, 0.5) is 5.82 Å². The van der Waals surface area contributed by atoms with Crippen LogP contribution >= 0.6 is 11.6 Å². The quantitative estimate of drug-likeness (QED) is 0.878. The number of nitrogen functional groups attached to an aromatic ring is 1. The molecule has 0 saturated heterocycles. The largest absolute Gasteiger partial charge is 0.382 e. The number of hydrogen-bond acceptors (Lipinski definition) is 5. The van der Waals surface area contributed by atoms with Crippen molar-refractivity contribution < 1.29 is 8.42 Å². The lowest BCUT2D eigenvalue weighted by atomic mass is 10.5. The molecule has 0 spiro atoms. The number of aromatic nitrogens is 1. The van der Waals surface area contributed by atoms with Gasteiger partial charge in [-0.05, 0) is 6.07 Å². The molecule has 1 heterocycles. The number of nitrogens with two attached hydrogens (primary N) is 1. The molecule has 0 aliphatic carbocycles. The monoisotopic (exact) mass is 288 g/mol. The molecule has 8 heteroatoms. The first-order valence-corrected chi connectivity index (χ1v) is 7.03. The van der Waals surface area contributed by atoms with Crippen LogP contribution in [-0.2, 0) is 10.0 Å². The molecule has 6 nitrogen and oxygen atoms in total. The summed E-state index contributed by atoms with van der Waals surface area (Å²) in [5.74, 6) is 0.0793. The van der Waals surface area contributed by atoms with Crippen LogP contribution in [-0.4, -0.2) is 30.8 Å². The lowest BCUT2D eigenvalue weighted by Gasteiger charge is -2.19. The van der Waals surface area contributed by atoms with Crippen LogP contribution in [0.2, 0.25) is 5.02 Å². The molecule has 2 N–H and O–H groups in total. The van der Waals surface area contributed by atoms with Crippen molar-refractivity contribution in [1.82, 2.24) is 9.29 Å². The molecule has 0 amide bonds. The second kappa shape index (κ2) is 6.00. The molecule has 0 saturated carbocycles. The summed E-state index contributed by atoms with van der Waals surface area (Å²) in [4.78, 5) is 3.69. The van der Waals surface area contributed by atoms with E-state index in [0.29, 0.717) is 0 Å². The first-order valence-electron chi connectivity index (χ1n) is 5.21. The summed E-state index contributed by atoms with van der Waals surface area (Å²) in [6, 6.07) is 3.17. The van der Waals surface area contributed by atoms with Gasteiger partial charge in [-0.3, -0.25) is 0 Å². The summed E-state index contributed by atoms with van der Waals surface area (Å²) in [7, 11) is -3.68. The predicted octanol–water partition coefficient (Wildman–Crippen LogP) is 1.24. The third kappa shape index (κ3) is 3.10. The van der Waals surface area contributed by atoms with E-state index in [-0.39, 0.29) is 35.2 Å². The number of pyridine rings is 1. The zero-order valence-corrected chi connectivity index (χ0v) is 11.4. The van der Waals surface area contributed by atoms with Crippen LogP contribution in [0.5, 0.6) is 0 Å². The normalized spacial score (nSPS) is 11.4. The minimum Gasteiger partial charge on any atom is -0.382 e. The number of nitrogens with zero attached hydrogens (tertiary/aromatic N) is 3. The maximum Gasteiger partial charge on any atom is 0.244 e. The van der Waals surface area contributed by atoms with Crippen molar-refractivity contribution in [3.8, 4) is 6.07 Å². The first-order chi connectivity index (χ1) is 8.43.